The molecule has 0 saturated carbocycles. The summed E-state index contributed by atoms with van der Waals surface area (Å²) in [7, 11) is 0. The Morgan fingerprint density at radius 2 is 2.04 bits per heavy atom. The van der Waals surface area contributed by atoms with Crippen molar-refractivity contribution in [2.24, 2.45) is 0 Å². The maximum atomic E-state index is 12.2. The number of carbonyl (C=O) groups is 2. The molecule has 0 radical (unpaired) electrons. The quantitative estimate of drug-likeness (QED) is 0.618. The predicted molar refractivity (Wildman–Crippen MR) is 100 cm³/mol. The third kappa shape index (κ3) is 4.40. The fraction of sp³-hybridized carbons (Fsp3) is 0.263. The van der Waals surface area contributed by atoms with Crippen LogP contribution in [0, 0.1) is 0 Å². The third-order valence-electron chi connectivity index (χ3n) is 4.34. The maximum absolute atomic E-state index is 12.2. The molecule has 27 heavy (non-hydrogen) atoms. The van der Waals surface area contributed by atoms with E-state index in [0.717, 1.165) is 5.56 Å². The van der Waals surface area contributed by atoms with Crippen LogP contribution in [0.3, 0.4) is 0 Å². The number of aryl methyl sites for hydroxylation is 1. The summed E-state index contributed by atoms with van der Waals surface area (Å²) >= 11 is 1.54. The maximum Gasteiger partial charge on any atom is 0.315 e. The van der Waals surface area contributed by atoms with E-state index in [1.54, 1.807) is 31.2 Å². The Morgan fingerprint density at radius 1 is 1.26 bits per heavy atom. The molecule has 0 bridgehead atoms. The molecule has 3 rings (SSSR count). The molecule has 8 heteroatoms. The van der Waals surface area contributed by atoms with Crippen molar-refractivity contribution in [3.8, 4) is 11.4 Å². The molecule has 0 spiro atoms. The molecular formula is C19H19N3O4S. The molecular weight excluding hydrogens is 366 g/mol. The molecule has 1 amide bonds. The van der Waals surface area contributed by atoms with Crippen LogP contribution in [-0.4, -0.2) is 33.7 Å². The molecule has 2 aromatic heterocycles. The Morgan fingerprint density at radius 3 is 2.70 bits per heavy atom. The van der Waals surface area contributed by atoms with Gasteiger partial charge in [-0.1, -0.05) is 35.5 Å². The molecule has 1 atom stereocenters. The lowest BCUT2D eigenvalue weighted by Gasteiger charge is -2.25. The Bertz CT molecular complexity index is 908. The number of thiophene rings is 1. The number of benzene rings is 1. The Labute approximate surface area is 160 Å². The second-order valence-electron chi connectivity index (χ2n) is 6.30. The van der Waals surface area contributed by atoms with Gasteiger partial charge in [-0.15, -0.1) is 0 Å². The number of carboxylic acid groups (broad SMARTS) is 1. The lowest BCUT2D eigenvalue weighted by molar-refractivity contribution is -0.143. The number of carbonyl (C=O) groups excluding carboxylic acids is 1. The molecule has 7 nitrogen and oxygen atoms in total. The van der Waals surface area contributed by atoms with Gasteiger partial charge < -0.3 is 14.9 Å². The van der Waals surface area contributed by atoms with Gasteiger partial charge in [-0.3, -0.25) is 9.59 Å². The van der Waals surface area contributed by atoms with Crippen molar-refractivity contribution in [3.05, 3.63) is 58.6 Å². The van der Waals surface area contributed by atoms with Crippen LogP contribution in [0.4, 0.5) is 0 Å². The van der Waals surface area contributed by atoms with Gasteiger partial charge >= 0.3 is 5.97 Å². The zero-order valence-corrected chi connectivity index (χ0v) is 15.5. The predicted octanol–water partition coefficient (Wildman–Crippen LogP) is 2.89. The van der Waals surface area contributed by atoms with E-state index < -0.39 is 11.4 Å². The number of hydrogen-bond donors (Lipinski definition) is 2. The van der Waals surface area contributed by atoms with Crippen LogP contribution < -0.4 is 5.32 Å². The molecule has 1 aromatic carbocycles. The number of aromatic nitrogens is 2. The van der Waals surface area contributed by atoms with Crippen LogP contribution in [0.1, 0.15) is 24.8 Å². The summed E-state index contributed by atoms with van der Waals surface area (Å²) in [5.41, 5.74) is 0.308. The van der Waals surface area contributed by atoms with Crippen LogP contribution in [0.5, 0.6) is 0 Å². The molecule has 0 saturated heterocycles. The molecule has 0 fully saturated rings. The van der Waals surface area contributed by atoms with Crippen molar-refractivity contribution >= 4 is 23.2 Å². The van der Waals surface area contributed by atoms with Crippen molar-refractivity contribution in [2.45, 2.75) is 25.2 Å². The van der Waals surface area contributed by atoms with Crippen LogP contribution in [0.25, 0.3) is 11.4 Å². The summed E-state index contributed by atoms with van der Waals surface area (Å²) < 4.78 is 5.16. The highest BCUT2D eigenvalue weighted by Gasteiger charge is 2.35. The van der Waals surface area contributed by atoms with Gasteiger partial charge in [0.2, 0.25) is 17.6 Å². The topological polar surface area (TPSA) is 105 Å². The van der Waals surface area contributed by atoms with E-state index >= 15 is 0 Å². The van der Waals surface area contributed by atoms with E-state index in [0.29, 0.717) is 17.3 Å². The number of amides is 1. The normalized spacial score (nSPS) is 13.1. The number of carboxylic acids is 1. The first-order valence-electron chi connectivity index (χ1n) is 8.40. The fourth-order valence-electron chi connectivity index (χ4n) is 2.56. The van der Waals surface area contributed by atoms with Crippen molar-refractivity contribution in [1.82, 2.24) is 15.5 Å². The second-order valence-corrected chi connectivity index (χ2v) is 7.08. The number of rotatable bonds is 8. The van der Waals surface area contributed by atoms with E-state index in [1.807, 2.05) is 22.9 Å². The van der Waals surface area contributed by atoms with Crippen LogP contribution in [-0.2, 0) is 21.4 Å². The summed E-state index contributed by atoms with van der Waals surface area (Å²) in [6, 6.07) is 10.7. The van der Waals surface area contributed by atoms with E-state index in [2.05, 4.69) is 15.5 Å². The van der Waals surface area contributed by atoms with Gasteiger partial charge in [-0.2, -0.15) is 16.3 Å². The zero-order chi connectivity index (χ0) is 19.3. The summed E-state index contributed by atoms with van der Waals surface area (Å²) in [4.78, 5) is 28.2. The lowest BCUT2D eigenvalue weighted by Crippen LogP contribution is -2.44. The minimum absolute atomic E-state index is 0.00479. The third-order valence-corrected chi connectivity index (χ3v) is 5.02. The summed E-state index contributed by atoms with van der Waals surface area (Å²) in [5.74, 6) is -0.399. The van der Waals surface area contributed by atoms with Crippen LogP contribution in [0.15, 0.2) is 51.7 Å². The highest BCUT2D eigenvalue weighted by molar-refractivity contribution is 7.08. The van der Waals surface area contributed by atoms with Crippen LogP contribution in [0.2, 0.25) is 0 Å². The first-order chi connectivity index (χ1) is 13.0. The van der Waals surface area contributed by atoms with Gasteiger partial charge in [-0.05, 0) is 23.9 Å². The monoisotopic (exact) mass is 385 g/mol. The highest BCUT2D eigenvalue weighted by Crippen LogP contribution is 2.23. The molecule has 0 aliphatic heterocycles. The van der Waals surface area contributed by atoms with E-state index in [9.17, 15) is 14.7 Å². The summed E-state index contributed by atoms with van der Waals surface area (Å²) in [5, 5.41) is 20.0. The van der Waals surface area contributed by atoms with Gasteiger partial charge in [0.1, 0.15) is 5.41 Å². The average molecular weight is 385 g/mol. The zero-order valence-electron chi connectivity index (χ0n) is 14.7. The first-order valence-corrected chi connectivity index (χ1v) is 9.34. The molecule has 3 aromatic rings. The van der Waals surface area contributed by atoms with Gasteiger partial charge in [0.05, 0.1) is 0 Å². The minimum atomic E-state index is -1.20. The molecule has 1 unspecified atom stereocenters. The summed E-state index contributed by atoms with van der Waals surface area (Å²) in [6.07, 6.45) is 0.424. The molecule has 0 aliphatic carbocycles. The molecule has 140 valence electrons. The molecule has 0 aliphatic rings. The smallest absolute Gasteiger partial charge is 0.315 e. The SMILES string of the molecule is CC(CNC(=O)CCc1nc(-c2ccsc2)no1)(C(=O)O)c1ccccc1. The van der Waals surface area contributed by atoms with Gasteiger partial charge in [0, 0.05) is 30.3 Å². The average Bonchev–Trinajstić information content (AvgIpc) is 3.36. The largest absolute Gasteiger partial charge is 0.481 e. The second kappa shape index (κ2) is 8.13. The number of hydrogen-bond acceptors (Lipinski definition) is 6. The van der Waals surface area contributed by atoms with E-state index in [-0.39, 0.29) is 25.3 Å². The first kappa shape index (κ1) is 18.8. The van der Waals surface area contributed by atoms with Crippen LogP contribution >= 0.6 is 11.3 Å². The number of nitrogens with zero attached hydrogens (tertiary/aromatic N) is 2. The Kier molecular flexibility index (Phi) is 5.66. The van der Waals surface area contributed by atoms with Crippen molar-refractivity contribution in [2.75, 3.05) is 6.54 Å². The lowest BCUT2D eigenvalue weighted by atomic mass is 9.82. The van der Waals surface area contributed by atoms with Gasteiger partial charge in [-0.25, -0.2) is 0 Å². The van der Waals surface area contributed by atoms with Gasteiger partial charge in [0.25, 0.3) is 0 Å². The van der Waals surface area contributed by atoms with E-state index in [4.69, 9.17) is 4.52 Å². The minimum Gasteiger partial charge on any atom is -0.481 e. The van der Waals surface area contributed by atoms with Crippen molar-refractivity contribution in [3.63, 3.8) is 0 Å². The fourth-order valence-corrected chi connectivity index (χ4v) is 3.19. The number of aliphatic carboxylic acids is 1. The van der Waals surface area contributed by atoms with Crippen molar-refractivity contribution in [1.29, 1.82) is 0 Å². The van der Waals surface area contributed by atoms with E-state index in [1.165, 1.54) is 11.3 Å². The van der Waals surface area contributed by atoms with Gasteiger partial charge in [0.15, 0.2) is 0 Å². The Balaban J connectivity index is 1.55. The number of nitrogens with one attached hydrogen (secondary N) is 1. The summed E-state index contributed by atoms with van der Waals surface area (Å²) in [6.45, 7) is 1.59. The standard InChI is InChI=1S/C19H19N3O4S/c1-19(18(24)25,14-5-3-2-4-6-14)12-20-15(23)7-8-16-21-17(22-26-16)13-9-10-27-11-13/h2-6,9-11H,7-8,12H2,1H3,(H,20,23)(H,24,25). The Hall–Kier alpha value is -3.00. The highest BCUT2D eigenvalue weighted by atomic mass is 32.1. The molecule has 2 N–H and O–H groups in total. The molecule has 2 heterocycles. The van der Waals surface area contributed by atoms with Crippen molar-refractivity contribution < 1.29 is 19.2 Å².